The molecule has 0 bridgehead atoms. The largest absolute Gasteiger partial charge is 0.497 e. The van der Waals surface area contributed by atoms with E-state index in [0.29, 0.717) is 23.7 Å². The van der Waals surface area contributed by atoms with Crippen LogP contribution in [0, 0.1) is 6.92 Å². The summed E-state index contributed by atoms with van der Waals surface area (Å²) in [6.07, 6.45) is 2.79. The lowest BCUT2D eigenvalue weighted by atomic mass is 10.00. The number of anilines is 1. The predicted molar refractivity (Wildman–Crippen MR) is 159 cm³/mol. The third-order valence-electron chi connectivity index (χ3n) is 7.57. The minimum atomic E-state index is -0.351. The molecule has 208 valence electrons. The average Bonchev–Trinajstić information content (AvgIpc) is 3.58. The first-order chi connectivity index (χ1) is 20.0. The first-order valence-electron chi connectivity index (χ1n) is 13.7. The molecule has 0 saturated heterocycles. The van der Waals surface area contributed by atoms with Gasteiger partial charge in [0.1, 0.15) is 17.3 Å². The molecule has 3 heterocycles. The zero-order valence-electron chi connectivity index (χ0n) is 23.7. The maximum Gasteiger partial charge on any atom is 0.323 e. The molecule has 5 aromatic rings. The molecule has 1 N–H and O–H groups in total. The Kier molecular flexibility index (Phi) is 6.97. The number of hydrogen-bond acceptors (Lipinski definition) is 4. The highest BCUT2D eigenvalue weighted by Gasteiger charge is 2.36. The van der Waals surface area contributed by atoms with Gasteiger partial charge >= 0.3 is 6.03 Å². The van der Waals surface area contributed by atoms with Crippen molar-refractivity contribution >= 4 is 11.7 Å². The van der Waals surface area contributed by atoms with Crippen LogP contribution in [0.4, 0.5) is 10.5 Å². The number of ether oxygens (including phenoxy) is 2. The minimum Gasteiger partial charge on any atom is -0.497 e. The topological polar surface area (TPSA) is 73.6 Å². The summed E-state index contributed by atoms with van der Waals surface area (Å²) in [6.45, 7) is 4.54. The summed E-state index contributed by atoms with van der Waals surface area (Å²) in [5.74, 6) is 2.12. The first kappa shape index (κ1) is 26.3. The molecule has 0 saturated carbocycles. The number of rotatable bonds is 6. The van der Waals surface area contributed by atoms with Crippen molar-refractivity contribution in [1.29, 1.82) is 0 Å². The molecule has 2 amide bonds. The van der Waals surface area contributed by atoms with Crippen LogP contribution in [0.1, 0.15) is 41.0 Å². The normalized spacial score (nSPS) is 14.1. The molecule has 0 unspecified atom stereocenters. The van der Waals surface area contributed by atoms with E-state index in [-0.39, 0.29) is 12.1 Å². The molecule has 0 fully saturated rings. The molecule has 1 aliphatic heterocycles. The number of nitrogens with one attached hydrogen (secondary N) is 1. The second-order valence-corrected chi connectivity index (χ2v) is 10.1. The van der Waals surface area contributed by atoms with Crippen LogP contribution in [0.5, 0.6) is 11.5 Å². The standard InChI is InChI=1S/C33H33N5O3/c1-5-27-26-21-37(33(39)34-28-17-16-25(40-3)20-30(28)41-4)31(23-12-9-11-22(2)19-23)29-15-10-18-36(29)32(26)38(35-27)24-13-7-6-8-14-24/h6-20,31H,5,21H2,1-4H3,(H,34,39)/t31-/m0/s1. The van der Waals surface area contributed by atoms with Crippen molar-refractivity contribution in [3.63, 3.8) is 0 Å². The molecule has 0 spiro atoms. The molecule has 0 radical (unpaired) electrons. The second-order valence-electron chi connectivity index (χ2n) is 10.1. The molecular formula is C33H33N5O3. The summed E-state index contributed by atoms with van der Waals surface area (Å²) in [4.78, 5) is 16.2. The average molecular weight is 548 g/mol. The summed E-state index contributed by atoms with van der Waals surface area (Å²) >= 11 is 0. The second kappa shape index (κ2) is 10.9. The van der Waals surface area contributed by atoms with Crippen molar-refractivity contribution in [2.75, 3.05) is 19.5 Å². The van der Waals surface area contributed by atoms with Crippen molar-refractivity contribution < 1.29 is 14.3 Å². The Bertz CT molecular complexity index is 1710. The number of amides is 2. The maximum absolute atomic E-state index is 14.3. The zero-order chi connectivity index (χ0) is 28.5. The van der Waals surface area contributed by atoms with Crippen LogP contribution in [0.15, 0.2) is 91.1 Å². The van der Waals surface area contributed by atoms with E-state index in [9.17, 15) is 4.79 Å². The number of para-hydroxylation sites is 1. The van der Waals surface area contributed by atoms with Crippen molar-refractivity contribution in [3.05, 3.63) is 119 Å². The number of urea groups is 1. The minimum absolute atomic E-state index is 0.241. The van der Waals surface area contributed by atoms with Gasteiger partial charge in [-0.05, 0) is 55.3 Å². The molecule has 8 nitrogen and oxygen atoms in total. The number of aryl methyl sites for hydroxylation is 2. The number of fused-ring (bicyclic) bond motifs is 3. The number of methoxy groups -OCH3 is 2. The predicted octanol–water partition coefficient (Wildman–Crippen LogP) is 6.69. The summed E-state index contributed by atoms with van der Waals surface area (Å²) in [6, 6.07) is 27.4. The van der Waals surface area contributed by atoms with E-state index in [0.717, 1.165) is 46.0 Å². The van der Waals surface area contributed by atoms with Crippen molar-refractivity contribution in [2.24, 2.45) is 0 Å². The van der Waals surface area contributed by atoms with E-state index < -0.39 is 0 Å². The smallest absolute Gasteiger partial charge is 0.323 e. The van der Waals surface area contributed by atoms with E-state index in [1.807, 2.05) is 39.9 Å². The van der Waals surface area contributed by atoms with Gasteiger partial charge < -0.3 is 24.3 Å². The van der Waals surface area contributed by atoms with Gasteiger partial charge in [-0.25, -0.2) is 9.48 Å². The molecule has 3 aromatic carbocycles. The highest BCUT2D eigenvalue weighted by atomic mass is 16.5. The fourth-order valence-corrected chi connectivity index (χ4v) is 5.63. The molecule has 0 aliphatic carbocycles. The summed E-state index contributed by atoms with van der Waals surface area (Å²) in [5.41, 5.74) is 6.64. The number of carbonyl (C=O) groups is 1. The van der Waals surface area contributed by atoms with Crippen LogP contribution in [0.25, 0.3) is 11.5 Å². The first-order valence-corrected chi connectivity index (χ1v) is 13.7. The van der Waals surface area contributed by atoms with Crippen molar-refractivity contribution in [2.45, 2.75) is 32.9 Å². The Morgan fingerprint density at radius 2 is 1.80 bits per heavy atom. The Labute approximate surface area is 239 Å². The summed E-state index contributed by atoms with van der Waals surface area (Å²) in [7, 11) is 3.18. The molecule has 1 atom stereocenters. The highest BCUT2D eigenvalue weighted by molar-refractivity contribution is 5.92. The molecule has 1 aliphatic rings. The molecule has 2 aromatic heterocycles. The number of aromatic nitrogens is 3. The number of benzene rings is 3. The van der Waals surface area contributed by atoms with E-state index in [4.69, 9.17) is 14.6 Å². The van der Waals surface area contributed by atoms with E-state index in [1.54, 1.807) is 32.4 Å². The number of carbonyl (C=O) groups excluding carboxylic acids is 1. The van der Waals surface area contributed by atoms with E-state index in [1.165, 1.54) is 0 Å². The lowest BCUT2D eigenvalue weighted by Gasteiger charge is -2.31. The SMILES string of the molecule is CCc1nn(-c2ccccc2)c2c1CN(C(=O)Nc1ccc(OC)cc1OC)[C@@H](c1cccc(C)c1)c1cccn1-2. The molecular weight excluding hydrogens is 514 g/mol. The van der Waals surface area contributed by atoms with Gasteiger partial charge in [0.2, 0.25) is 0 Å². The van der Waals surface area contributed by atoms with Gasteiger partial charge in [0.15, 0.2) is 0 Å². The monoisotopic (exact) mass is 547 g/mol. The maximum atomic E-state index is 14.3. The molecule has 6 rings (SSSR count). The Morgan fingerprint density at radius 3 is 2.54 bits per heavy atom. The summed E-state index contributed by atoms with van der Waals surface area (Å²) < 4.78 is 15.1. The van der Waals surface area contributed by atoms with Gasteiger partial charge in [0, 0.05) is 17.8 Å². The van der Waals surface area contributed by atoms with Crippen LogP contribution < -0.4 is 14.8 Å². The lowest BCUT2D eigenvalue weighted by Crippen LogP contribution is -2.38. The van der Waals surface area contributed by atoms with Gasteiger partial charge in [-0.1, -0.05) is 55.0 Å². The van der Waals surface area contributed by atoms with Gasteiger partial charge in [-0.2, -0.15) is 5.10 Å². The molecule has 8 heteroatoms. The van der Waals surface area contributed by atoms with E-state index >= 15 is 0 Å². The van der Waals surface area contributed by atoms with Crippen molar-refractivity contribution in [1.82, 2.24) is 19.2 Å². The lowest BCUT2D eigenvalue weighted by molar-refractivity contribution is 0.194. The number of nitrogens with zero attached hydrogens (tertiary/aromatic N) is 4. The molecule has 41 heavy (non-hydrogen) atoms. The third kappa shape index (κ3) is 4.71. The Balaban J connectivity index is 1.53. The van der Waals surface area contributed by atoms with Crippen LogP contribution in [0.2, 0.25) is 0 Å². The van der Waals surface area contributed by atoms with Gasteiger partial charge in [0.25, 0.3) is 0 Å². The van der Waals surface area contributed by atoms with Gasteiger partial charge in [0.05, 0.1) is 49.6 Å². The Hall–Kier alpha value is -4.98. The zero-order valence-corrected chi connectivity index (χ0v) is 23.7. The van der Waals surface area contributed by atoms with Crippen LogP contribution in [-0.2, 0) is 13.0 Å². The van der Waals surface area contributed by atoms with Crippen LogP contribution >= 0.6 is 0 Å². The fraction of sp³-hybridized carbons (Fsp3) is 0.212. The third-order valence-corrected chi connectivity index (χ3v) is 7.57. The fourth-order valence-electron chi connectivity index (χ4n) is 5.63. The highest BCUT2D eigenvalue weighted by Crippen LogP contribution is 2.39. The quantitative estimate of drug-likeness (QED) is 0.257. The van der Waals surface area contributed by atoms with Gasteiger partial charge in [-0.3, -0.25) is 0 Å². The van der Waals surface area contributed by atoms with E-state index in [2.05, 4.69) is 66.3 Å². The Morgan fingerprint density at radius 1 is 0.976 bits per heavy atom. The van der Waals surface area contributed by atoms with Gasteiger partial charge in [-0.15, -0.1) is 0 Å². The van der Waals surface area contributed by atoms with Crippen LogP contribution in [0.3, 0.4) is 0 Å². The van der Waals surface area contributed by atoms with Crippen LogP contribution in [-0.4, -0.2) is 39.5 Å². The van der Waals surface area contributed by atoms with Crippen molar-refractivity contribution in [3.8, 4) is 23.0 Å². The summed E-state index contributed by atoms with van der Waals surface area (Å²) in [5, 5.41) is 8.16. The number of hydrogen-bond donors (Lipinski definition) is 1.